The zero-order valence-electron chi connectivity index (χ0n) is 14.9. The van der Waals surface area contributed by atoms with Crippen LogP contribution in [0.3, 0.4) is 0 Å². The molecule has 3 aromatic rings. The van der Waals surface area contributed by atoms with Gasteiger partial charge in [-0.05, 0) is 49.2 Å². The molecule has 6 nitrogen and oxygen atoms in total. The van der Waals surface area contributed by atoms with Crippen molar-refractivity contribution in [2.24, 2.45) is 5.10 Å². The lowest BCUT2D eigenvalue weighted by Gasteiger charge is -2.19. The van der Waals surface area contributed by atoms with E-state index in [0.29, 0.717) is 23.3 Å². The molecule has 1 aromatic heterocycles. The van der Waals surface area contributed by atoms with Crippen molar-refractivity contribution in [2.45, 2.75) is 19.4 Å². The van der Waals surface area contributed by atoms with E-state index in [0.717, 1.165) is 29.9 Å². The summed E-state index contributed by atoms with van der Waals surface area (Å²) in [5.74, 6) is 0.664. The van der Waals surface area contributed by atoms with Gasteiger partial charge >= 0.3 is 0 Å². The monoisotopic (exact) mass is 347 g/mol. The minimum Gasteiger partial charge on any atom is -0.378 e. The van der Waals surface area contributed by atoms with Crippen molar-refractivity contribution >= 4 is 28.0 Å². The van der Waals surface area contributed by atoms with E-state index < -0.39 is 0 Å². The Labute approximate surface area is 151 Å². The molecule has 0 aliphatic carbocycles. The largest absolute Gasteiger partial charge is 0.378 e. The Hall–Kier alpha value is -3.15. The van der Waals surface area contributed by atoms with Crippen LogP contribution in [0.5, 0.6) is 0 Å². The normalized spacial score (nSPS) is 15.1. The van der Waals surface area contributed by atoms with Crippen LogP contribution in [0.15, 0.2) is 58.4 Å². The highest BCUT2D eigenvalue weighted by atomic mass is 16.1. The van der Waals surface area contributed by atoms with Crippen LogP contribution < -0.4 is 15.9 Å². The highest BCUT2D eigenvalue weighted by Crippen LogP contribution is 2.18. The van der Waals surface area contributed by atoms with Gasteiger partial charge in [0.15, 0.2) is 5.82 Å². The molecule has 0 unspecified atom stereocenters. The Balaban J connectivity index is 1.69. The first kappa shape index (κ1) is 16.3. The third-order valence-corrected chi connectivity index (χ3v) is 4.62. The van der Waals surface area contributed by atoms with Crippen LogP contribution in [-0.2, 0) is 6.54 Å². The topological polar surface area (TPSA) is 62.5 Å². The SMILES string of the molecule is CN(C)c1ccc(N/N=C2\CCCn3c2nc2ccccc2c3=O)cc1. The molecule has 0 fully saturated rings. The van der Waals surface area contributed by atoms with Gasteiger partial charge in [0, 0.05) is 26.3 Å². The Morgan fingerprint density at radius 3 is 2.65 bits per heavy atom. The van der Waals surface area contributed by atoms with Gasteiger partial charge in [0.05, 0.1) is 16.6 Å². The molecule has 132 valence electrons. The summed E-state index contributed by atoms with van der Waals surface area (Å²) >= 11 is 0. The molecule has 0 spiro atoms. The van der Waals surface area contributed by atoms with Gasteiger partial charge in [-0.1, -0.05) is 12.1 Å². The average molecular weight is 347 g/mol. The van der Waals surface area contributed by atoms with Gasteiger partial charge in [-0.3, -0.25) is 14.8 Å². The third-order valence-electron chi connectivity index (χ3n) is 4.62. The second kappa shape index (κ2) is 6.63. The van der Waals surface area contributed by atoms with Crippen LogP contribution in [0.2, 0.25) is 0 Å². The minimum atomic E-state index is 0.00772. The summed E-state index contributed by atoms with van der Waals surface area (Å²) in [5.41, 5.74) is 6.68. The Kier molecular flexibility index (Phi) is 4.16. The molecular formula is C20H21N5O. The van der Waals surface area contributed by atoms with Crippen molar-refractivity contribution in [3.05, 3.63) is 64.7 Å². The molecule has 2 aromatic carbocycles. The standard InChI is InChI=1S/C20H21N5O/c1-24(2)15-11-9-14(10-12-15)22-23-18-8-5-13-25-19(18)21-17-7-4-3-6-16(17)20(25)26/h3-4,6-7,9-12,22H,5,8,13H2,1-2H3/b23-18+. The number of hydrogen-bond acceptors (Lipinski definition) is 5. The summed E-state index contributed by atoms with van der Waals surface area (Å²) in [5, 5.41) is 5.21. The molecular weight excluding hydrogens is 326 g/mol. The molecule has 0 amide bonds. The van der Waals surface area contributed by atoms with Crippen molar-refractivity contribution < 1.29 is 0 Å². The van der Waals surface area contributed by atoms with E-state index in [2.05, 4.69) is 15.4 Å². The number of nitrogens with one attached hydrogen (secondary N) is 1. The van der Waals surface area contributed by atoms with Crippen molar-refractivity contribution in [3.8, 4) is 0 Å². The third kappa shape index (κ3) is 2.94. The van der Waals surface area contributed by atoms with Crippen molar-refractivity contribution in [1.29, 1.82) is 0 Å². The lowest BCUT2D eigenvalue weighted by atomic mass is 10.1. The lowest BCUT2D eigenvalue weighted by molar-refractivity contribution is 0.597. The zero-order chi connectivity index (χ0) is 18.1. The molecule has 6 heteroatoms. The summed E-state index contributed by atoms with van der Waals surface area (Å²) < 4.78 is 1.74. The maximum atomic E-state index is 12.7. The molecule has 26 heavy (non-hydrogen) atoms. The van der Waals surface area contributed by atoms with E-state index >= 15 is 0 Å². The molecule has 0 saturated carbocycles. The van der Waals surface area contributed by atoms with Crippen LogP contribution in [0.4, 0.5) is 11.4 Å². The second-order valence-electron chi connectivity index (χ2n) is 6.62. The minimum absolute atomic E-state index is 0.00772. The van der Waals surface area contributed by atoms with E-state index in [-0.39, 0.29) is 5.56 Å². The predicted molar refractivity (Wildman–Crippen MR) is 106 cm³/mol. The van der Waals surface area contributed by atoms with Crippen molar-refractivity contribution in [1.82, 2.24) is 9.55 Å². The summed E-state index contributed by atoms with van der Waals surface area (Å²) in [4.78, 5) is 19.5. The fourth-order valence-electron chi connectivity index (χ4n) is 3.18. The summed E-state index contributed by atoms with van der Waals surface area (Å²) in [6.45, 7) is 0.683. The number of anilines is 2. The number of hydrogen-bond donors (Lipinski definition) is 1. The molecule has 0 radical (unpaired) electrons. The lowest BCUT2D eigenvalue weighted by Crippen LogP contribution is -2.32. The van der Waals surface area contributed by atoms with Crippen LogP contribution in [-0.4, -0.2) is 29.4 Å². The molecule has 2 heterocycles. The average Bonchev–Trinajstić information content (AvgIpc) is 2.67. The Bertz CT molecular complexity index is 1030. The van der Waals surface area contributed by atoms with Gasteiger partial charge in [-0.15, -0.1) is 0 Å². The van der Waals surface area contributed by atoms with E-state index in [9.17, 15) is 4.79 Å². The molecule has 4 rings (SSSR count). The van der Waals surface area contributed by atoms with Gasteiger partial charge < -0.3 is 4.90 Å². The Morgan fingerprint density at radius 2 is 1.88 bits per heavy atom. The Morgan fingerprint density at radius 1 is 1.12 bits per heavy atom. The first-order chi connectivity index (χ1) is 12.6. The smallest absolute Gasteiger partial charge is 0.261 e. The highest BCUT2D eigenvalue weighted by Gasteiger charge is 2.20. The summed E-state index contributed by atoms with van der Waals surface area (Å²) in [6, 6.07) is 15.5. The maximum Gasteiger partial charge on any atom is 0.261 e. The molecule has 0 atom stereocenters. The predicted octanol–water partition coefficient (Wildman–Crippen LogP) is 3.07. The number of nitrogens with zero attached hydrogens (tertiary/aromatic N) is 4. The molecule has 1 N–H and O–H groups in total. The van der Waals surface area contributed by atoms with E-state index in [4.69, 9.17) is 4.98 Å². The van der Waals surface area contributed by atoms with E-state index in [1.807, 2.05) is 62.6 Å². The van der Waals surface area contributed by atoms with E-state index in [1.54, 1.807) is 4.57 Å². The van der Waals surface area contributed by atoms with Crippen LogP contribution in [0.25, 0.3) is 10.9 Å². The first-order valence-electron chi connectivity index (χ1n) is 8.73. The number of para-hydroxylation sites is 1. The van der Waals surface area contributed by atoms with Gasteiger partial charge in [0.2, 0.25) is 0 Å². The number of rotatable bonds is 3. The number of aromatic nitrogens is 2. The van der Waals surface area contributed by atoms with Crippen LogP contribution in [0, 0.1) is 0 Å². The molecule has 1 aliphatic heterocycles. The number of benzene rings is 2. The fraction of sp³-hybridized carbons (Fsp3) is 0.250. The first-order valence-corrected chi connectivity index (χ1v) is 8.73. The van der Waals surface area contributed by atoms with Gasteiger partial charge in [0.25, 0.3) is 5.56 Å². The molecule has 1 aliphatic rings. The number of hydrazone groups is 1. The van der Waals surface area contributed by atoms with Gasteiger partial charge in [0.1, 0.15) is 5.71 Å². The van der Waals surface area contributed by atoms with Gasteiger partial charge in [-0.2, -0.15) is 5.10 Å². The number of fused-ring (bicyclic) bond motifs is 2. The van der Waals surface area contributed by atoms with Gasteiger partial charge in [-0.25, -0.2) is 4.98 Å². The summed E-state index contributed by atoms with van der Waals surface area (Å²) in [7, 11) is 4.02. The van der Waals surface area contributed by atoms with Crippen LogP contribution >= 0.6 is 0 Å². The van der Waals surface area contributed by atoms with Crippen molar-refractivity contribution in [2.75, 3.05) is 24.4 Å². The fourth-order valence-corrected chi connectivity index (χ4v) is 3.18. The van der Waals surface area contributed by atoms with Crippen LogP contribution in [0.1, 0.15) is 18.7 Å². The molecule has 0 bridgehead atoms. The zero-order valence-corrected chi connectivity index (χ0v) is 14.9. The highest BCUT2D eigenvalue weighted by molar-refractivity contribution is 5.99. The summed E-state index contributed by atoms with van der Waals surface area (Å²) in [6.07, 6.45) is 1.68. The quantitative estimate of drug-likeness (QED) is 0.740. The van der Waals surface area contributed by atoms with E-state index in [1.165, 1.54) is 0 Å². The second-order valence-corrected chi connectivity index (χ2v) is 6.62. The molecule has 0 saturated heterocycles. The maximum absolute atomic E-state index is 12.7. The van der Waals surface area contributed by atoms with Crippen molar-refractivity contribution in [3.63, 3.8) is 0 Å².